The van der Waals surface area contributed by atoms with Gasteiger partial charge in [-0.2, -0.15) is 4.68 Å². The van der Waals surface area contributed by atoms with Gasteiger partial charge in [0.05, 0.1) is 41.0 Å². The molecule has 5 rings (SSSR count). The summed E-state index contributed by atoms with van der Waals surface area (Å²) in [6.45, 7) is 5.42. The van der Waals surface area contributed by atoms with Crippen LogP contribution in [0, 0.1) is 0 Å². The number of carbonyl (C=O) groups excluding carboxylic acids is 3. The third kappa shape index (κ3) is 5.78. The van der Waals surface area contributed by atoms with E-state index in [4.69, 9.17) is 9.47 Å². The summed E-state index contributed by atoms with van der Waals surface area (Å²) in [5, 5.41) is 12.5. The number of hydrogen-bond donors (Lipinski definition) is 2. The highest BCUT2D eigenvalue weighted by atomic mass is 32.1. The number of carbonyl (C=O) groups is 3. The van der Waals surface area contributed by atoms with Crippen molar-refractivity contribution in [2.45, 2.75) is 13.0 Å². The van der Waals surface area contributed by atoms with E-state index >= 15 is 0 Å². The quantitative estimate of drug-likeness (QED) is 0.336. The molecule has 1 aliphatic rings. The molecule has 1 atom stereocenters. The molecule has 1 saturated heterocycles. The molecule has 2 amide bonds. The van der Waals surface area contributed by atoms with Crippen LogP contribution < -0.4 is 10.6 Å². The van der Waals surface area contributed by atoms with Gasteiger partial charge in [-0.3, -0.25) is 14.5 Å². The fourth-order valence-electron chi connectivity index (χ4n) is 4.19. The highest BCUT2D eigenvalue weighted by molar-refractivity contribution is 7.20. The summed E-state index contributed by atoms with van der Waals surface area (Å²) in [5.74, 6) is -0.434. The van der Waals surface area contributed by atoms with Crippen LogP contribution in [0.15, 0.2) is 53.9 Å². The third-order valence-corrected chi connectivity index (χ3v) is 8.03. The van der Waals surface area contributed by atoms with Crippen LogP contribution in [-0.2, 0) is 9.47 Å². The first-order chi connectivity index (χ1) is 18.5. The molecule has 12 heteroatoms. The summed E-state index contributed by atoms with van der Waals surface area (Å²) >= 11 is 2.41. The lowest BCUT2D eigenvalue weighted by atomic mass is 10.1. The summed E-state index contributed by atoms with van der Waals surface area (Å²) in [5.41, 5.74) is 0.995. The predicted molar refractivity (Wildman–Crippen MR) is 146 cm³/mol. The van der Waals surface area contributed by atoms with Crippen molar-refractivity contribution >= 4 is 56.6 Å². The number of ether oxygens (including phenoxy) is 2. The van der Waals surface area contributed by atoms with Crippen molar-refractivity contribution in [1.82, 2.24) is 20.0 Å². The molecule has 0 saturated carbocycles. The largest absolute Gasteiger partial charge is 0.448 e. The molecule has 1 fully saturated rings. The summed E-state index contributed by atoms with van der Waals surface area (Å²) in [4.78, 5) is 42.4. The Morgan fingerprint density at radius 3 is 2.58 bits per heavy atom. The average Bonchev–Trinajstić information content (AvgIpc) is 3.68. The van der Waals surface area contributed by atoms with Gasteiger partial charge in [-0.25, -0.2) is 4.79 Å². The van der Waals surface area contributed by atoms with E-state index in [0.717, 1.165) is 34.7 Å². The van der Waals surface area contributed by atoms with Gasteiger partial charge in [0.15, 0.2) is 5.82 Å². The summed E-state index contributed by atoms with van der Waals surface area (Å²) in [6, 6.07) is 14.7. The Bertz CT molecular complexity index is 1410. The van der Waals surface area contributed by atoms with Gasteiger partial charge in [-0.15, -0.1) is 27.8 Å². The number of rotatable bonds is 8. The number of anilines is 1. The van der Waals surface area contributed by atoms with Crippen LogP contribution in [0.2, 0.25) is 0 Å². The maximum absolute atomic E-state index is 13.5. The van der Waals surface area contributed by atoms with Crippen LogP contribution in [-0.4, -0.2) is 72.0 Å². The minimum Gasteiger partial charge on any atom is -0.448 e. The Morgan fingerprint density at radius 1 is 1.08 bits per heavy atom. The zero-order valence-electron chi connectivity index (χ0n) is 20.7. The second-order valence-corrected chi connectivity index (χ2v) is 10.5. The molecule has 4 heterocycles. The van der Waals surface area contributed by atoms with Crippen molar-refractivity contribution in [3.05, 3.63) is 69.2 Å². The van der Waals surface area contributed by atoms with Gasteiger partial charge >= 0.3 is 6.09 Å². The molecule has 10 nitrogen and oxygen atoms in total. The number of nitrogens with zero attached hydrogens (tertiary/aromatic N) is 3. The first kappa shape index (κ1) is 26.0. The molecule has 198 valence electrons. The maximum atomic E-state index is 13.5. The first-order valence-corrected chi connectivity index (χ1v) is 13.9. The van der Waals surface area contributed by atoms with E-state index in [-0.39, 0.29) is 30.3 Å². The number of nitrogens with one attached hydrogen (secondary N) is 2. The van der Waals surface area contributed by atoms with Gasteiger partial charge in [-0.05, 0) is 30.0 Å². The van der Waals surface area contributed by atoms with E-state index in [1.807, 2.05) is 30.3 Å². The van der Waals surface area contributed by atoms with Crippen molar-refractivity contribution in [2.24, 2.45) is 0 Å². The van der Waals surface area contributed by atoms with Gasteiger partial charge in [-0.1, -0.05) is 36.4 Å². The SMILES string of the molecule is CCOC(=O)n1nc(NC(=O)c2cccs2)c2cc(C(=O)N[C@H](CN3CCOCC3)c3ccccc3)sc21. The Morgan fingerprint density at radius 2 is 1.87 bits per heavy atom. The minimum absolute atomic E-state index is 0.163. The summed E-state index contributed by atoms with van der Waals surface area (Å²) in [6.07, 6.45) is -0.683. The fraction of sp³-hybridized carbons (Fsp3) is 0.308. The number of amides is 2. The van der Waals surface area contributed by atoms with Gasteiger partial charge in [0.2, 0.25) is 0 Å². The molecule has 2 N–H and O–H groups in total. The molecule has 1 aromatic carbocycles. The van der Waals surface area contributed by atoms with E-state index in [1.165, 1.54) is 11.3 Å². The maximum Gasteiger partial charge on any atom is 0.436 e. The normalized spacial score (nSPS) is 14.8. The van der Waals surface area contributed by atoms with Crippen molar-refractivity contribution in [2.75, 3.05) is 44.8 Å². The van der Waals surface area contributed by atoms with E-state index in [0.29, 0.717) is 39.7 Å². The molecule has 0 unspecified atom stereocenters. The lowest BCUT2D eigenvalue weighted by molar-refractivity contribution is 0.0332. The molecule has 0 aliphatic carbocycles. The second-order valence-electron chi connectivity index (χ2n) is 8.57. The Balaban J connectivity index is 1.43. The van der Waals surface area contributed by atoms with Crippen LogP contribution >= 0.6 is 22.7 Å². The van der Waals surface area contributed by atoms with Crippen LogP contribution in [0.3, 0.4) is 0 Å². The number of thiophene rings is 2. The molecule has 1 aliphatic heterocycles. The number of fused-ring (bicyclic) bond motifs is 1. The molecule has 38 heavy (non-hydrogen) atoms. The van der Waals surface area contributed by atoms with Crippen molar-refractivity contribution < 1.29 is 23.9 Å². The number of morpholine rings is 1. The molecular formula is C26H27N5O5S2. The van der Waals surface area contributed by atoms with Crippen LogP contribution in [0.4, 0.5) is 10.6 Å². The standard InChI is InChI=1S/C26H27N5O5S2/c1-2-36-26(34)31-25-18(22(29-31)28-23(32)20-9-6-14-37-20)15-21(38-25)24(33)27-19(17-7-4-3-5-8-17)16-30-10-12-35-13-11-30/h3-9,14-15,19H,2,10-13,16H2,1H3,(H,27,33)(H,28,29,32)/t19-/m1/s1. The number of benzene rings is 1. The highest BCUT2D eigenvalue weighted by Gasteiger charge is 2.26. The molecular weight excluding hydrogens is 526 g/mol. The van der Waals surface area contributed by atoms with E-state index in [9.17, 15) is 14.4 Å². The van der Waals surface area contributed by atoms with Crippen LogP contribution in [0.25, 0.3) is 10.2 Å². The van der Waals surface area contributed by atoms with Gasteiger partial charge in [0.1, 0.15) is 4.83 Å². The Labute approximate surface area is 227 Å². The third-order valence-electron chi connectivity index (χ3n) is 6.05. The second kappa shape index (κ2) is 11.9. The van der Waals surface area contributed by atoms with E-state index < -0.39 is 6.09 Å². The lowest BCUT2D eigenvalue weighted by Crippen LogP contribution is -2.43. The van der Waals surface area contributed by atoms with Crippen molar-refractivity contribution in [3.8, 4) is 0 Å². The Hall–Kier alpha value is -3.58. The Kier molecular flexibility index (Phi) is 8.13. The van der Waals surface area contributed by atoms with Crippen LogP contribution in [0.5, 0.6) is 0 Å². The average molecular weight is 554 g/mol. The van der Waals surface area contributed by atoms with Gasteiger partial charge < -0.3 is 20.1 Å². The summed E-state index contributed by atoms with van der Waals surface area (Å²) in [7, 11) is 0. The number of aromatic nitrogens is 2. The fourth-order valence-corrected chi connectivity index (χ4v) is 5.81. The smallest absolute Gasteiger partial charge is 0.436 e. The zero-order valence-corrected chi connectivity index (χ0v) is 22.3. The molecule has 0 spiro atoms. The zero-order chi connectivity index (χ0) is 26.5. The minimum atomic E-state index is -0.683. The monoisotopic (exact) mass is 553 g/mol. The number of hydrogen-bond acceptors (Lipinski definition) is 9. The topological polar surface area (TPSA) is 115 Å². The van der Waals surface area contributed by atoms with Gasteiger partial charge in [0.25, 0.3) is 11.8 Å². The van der Waals surface area contributed by atoms with Crippen LogP contribution in [0.1, 0.15) is 37.9 Å². The lowest BCUT2D eigenvalue weighted by Gasteiger charge is -2.31. The van der Waals surface area contributed by atoms with Gasteiger partial charge in [0, 0.05) is 19.6 Å². The molecule has 0 radical (unpaired) electrons. The first-order valence-electron chi connectivity index (χ1n) is 12.2. The highest BCUT2D eigenvalue weighted by Crippen LogP contribution is 2.32. The molecule has 4 aromatic rings. The molecule has 3 aromatic heterocycles. The van der Waals surface area contributed by atoms with E-state index in [1.54, 1.807) is 30.5 Å². The van der Waals surface area contributed by atoms with Crippen molar-refractivity contribution in [3.63, 3.8) is 0 Å². The predicted octanol–water partition coefficient (Wildman–Crippen LogP) is 4.22. The van der Waals surface area contributed by atoms with Crippen molar-refractivity contribution in [1.29, 1.82) is 0 Å². The summed E-state index contributed by atoms with van der Waals surface area (Å²) < 4.78 is 11.7. The molecule has 0 bridgehead atoms. The van der Waals surface area contributed by atoms with E-state index in [2.05, 4.69) is 20.6 Å².